The number of furan rings is 1. The highest BCUT2D eigenvalue weighted by Crippen LogP contribution is 2.21. The first-order chi connectivity index (χ1) is 9.72. The van der Waals surface area contributed by atoms with E-state index in [0.717, 1.165) is 37.3 Å². The summed E-state index contributed by atoms with van der Waals surface area (Å²) in [6, 6.07) is 13.2. The summed E-state index contributed by atoms with van der Waals surface area (Å²) in [7, 11) is 0. The summed E-state index contributed by atoms with van der Waals surface area (Å²) >= 11 is 0. The first-order valence-electron chi connectivity index (χ1n) is 7.60. The van der Waals surface area contributed by atoms with Crippen molar-refractivity contribution < 1.29 is 4.42 Å². The summed E-state index contributed by atoms with van der Waals surface area (Å²) in [5.41, 5.74) is 2.65. The van der Waals surface area contributed by atoms with Gasteiger partial charge in [-0.25, -0.2) is 0 Å². The smallest absolute Gasteiger partial charge is 0.121 e. The maximum absolute atomic E-state index is 5.93. The molecule has 0 saturated carbocycles. The van der Waals surface area contributed by atoms with Gasteiger partial charge in [-0.2, -0.15) is 0 Å². The van der Waals surface area contributed by atoms with Crippen molar-refractivity contribution in [3.8, 4) is 0 Å². The third kappa shape index (κ3) is 3.97. The second-order valence-corrected chi connectivity index (χ2v) is 5.35. The highest BCUT2D eigenvalue weighted by molar-refractivity contribution is 5.23. The molecule has 2 rings (SSSR count). The molecule has 1 unspecified atom stereocenters. The van der Waals surface area contributed by atoms with Gasteiger partial charge >= 0.3 is 0 Å². The lowest BCUT2D eigenvalue weighted by Crippen LogP contribution is -2.23. The minimum atomic E-state index is 0.262. The Balaban J connectivity index is 2.12. The fraction of sp³-hybridized carbons (Fsp3) is 0.444. The van der Waals surface area contributed by atoms with Crippen LogP contribution in [0.1, 0.15) is 49.0 Å². The van der Waals surface area contributed by atoms with Gasteiger partial charge in [0.2, 0.25) is 0 Å². The normalized spacial score (nSPS) is 12.6. The number of benzene rings is 1. The van der Waals surface area contributed by atoms with E-state index in [1.165, 1.54) is 11.1 Å². The molecule has 0 amide bonds. The van der Waals surface area contributed by atoms with Crippen LogP contribution in [-0.2, 0) is 12.8 Å². The van der Waals surface area contributed by atoms with E-state index in [1.54, 1.807) is 0 Å². The van der Waals surface area contributed by atoms with Crippen LogP contribution in [0.5, 0.6) is 0 Å². The minimum absolute atomic E-state index is 0.262. The highest BCUT2D eigenvalue weighted by Gasteiger charge is 2.15. The molecule has 0 aliphatic carbocycles. The van der Waals surface area contributed by atoms with Crippen LogP contribution in [0, 0.1) is 6.92 Å². The molecule has 1 aromatic carbocycles. The predicted molar refractivity (Wildman–Crippen MR) is 84.0 cm³/mol. The summed E-state index contributed by atoms with van der Waals surface area (Å²) in [4.78, 5) is 0. The number of nitrogens with one attached hydrogen (secondary N) is 1. The molecule has 1 aromatic heterocycles. The van der Waals surface area contributed by atoms with Crippen molar-refractivity contribution in [1.29, 1.82) is 0 Å². The van der Waals surface area contributed by atoms with Crippen LogP contribution in [0.25, 0.3) is 0 Å². The van der Waals surface area contributed by atoms with E-state index < -0.39 is 0 Å². The van der Waals surface area contributed by atoms with Crippen molar-refractivity contribution in [3.05, 3.63) is 59.0 Å². The quantitative estimate of drug-likeness (QED) is 0.805. The van der Waals surface area contributed by atoms with E-state index in [4.69, 9.17) is 4.42 Å². The first kappa shape index (κ1) is 14.9. The Hall–Kier alpha value is -1.54. The SMILES string of the molecule is CCCNC(Cc1ccc(C)cc1)c1ccc(CC)o1. The molecule has 108 valence electrons. The lowest BCUT2D eigenvalue weighted by molar-refractivity contribution is 0.392. The van der Waals surface area contributed by atoms with Gasteiger partial charge in [0.1, 0.15) is 11.5 Å². The molecule has 1 N–H and O–H groups in total. The largest absolute Gasteiger partial charge is 0.464 e. The minimum Gasteiger partial charge on any atom is -0.464 e. The number of hydrogen-bond donors (Lipinski definition) is 1. The van der Waals surface area contributed by atoms with Crippen LogP contribution in [0.4, 0.5) is 0 Å². The molecule has 0 fully saturated rings. The second kappa shape index (κ2) is 7.30. The van der Waals surface area contributed by atoms with Gasteiger partial charge in [-0.1, -0.05) is 43.7 Å². The summed E-state index contributed by atoms with van der Waals surface area (Å²) in [6.45, 7) is 7.45. The molecule has 0 saturated heterocycles. The van der Waals surface area contributed by atoms with Gasteiger partial charge in [0.25, 0.3) is 0 Å². The molecule has 20 heavy (non-hydrogen) atoms. The number of rotatable bonds is 7. The van der Waals surface area contributed by atoms with Crippen LogP contribution < -0.4 is 5.32 Å². The molecule has 0 aliphatic heterocycles. The van der Waals surface area contributed by atoms with Crippen LogP contribution in [-0.4, -0.2) is 6.54 Å². The van der Waals surface area contributed by atoms with Gasteiger partial charge in [0.15, 0.2) is 0 Å². The second-order valence-electron chi connectivity index (χ2n) is 5.35. The zero-order chi connectivity index (χ0) is 14.4. The van der Waals surface area contributed by atoms with Crippen LogP contribution in [0.3, 0.4) is 0 Å². The van der Waals surface area contributed by atoms with E-state index in [-0.39, 0.29) is 6.04 Å². The summed E-state index contributed by atoms with van der Waals surface area (Å²) in [5.74, 6) is 2.11. The van der Waals surface area contributed by atoms with Crippen LogP contribution in [0.2, 0.25) is 0 Å². The molecule has 2 nitrogen and oxygen atoms in total. The van der Waals surface area contributed by atoms with E-state index in [9.17, 15) is 0 Å². The Bertz CT molecular complexity index is 512. The lowest BCUT2D eigenvalue weighted by atomic mass is 10.0. The summed E-state index contributed by atoms with van der Waals surface area (Å²) < 4.78 is 5.93. The maximum Gasteiger partial charge on any atom is 0.121 e. The molecule has 0 bridgehead atoms. The van der Waals surface area contributed by atoms with Crippen LogP contribution >= 0.6 is 0 Å². The monoisotopic (exact) mass is 271 g/mol. The third-order valence-corrected chi connectivity index (χ3v) is 3.58. The van der Waals surface area contributed by atoms with Crippen molar-refractivity contribution in [2.24, 2.45) is 0 Å². The fourth-order valence-electron chi connectivity index (χ4n) is 2.32. The van der Waals surface area contributed by atoms with Gasteiger partial charge in [-0.05, 0) is 44.0 Å². The molecule has 2 aromatic rings. The molecule has 2 heteroatoms. The zero-order valence-electron chi connectivity index (χ0n) is 12.8. The average Bonchev–Trinajstić information content (AvgIpc) is 2.94. The topological polar surface area (TPSA) is 25.2 Å². The Morgan fingerprint density at radius 3 is 2.40 bits per heavy atom. The van der Waals surface area contributed by atoms with Gasteiger partial charge in [-0.3, -0.25) is 0 Å². The third-order valence-electron chi connectivity index (χ3n) is 3.58. The summed E-state index contributed by atoms with van der Waals surface area (Å²) in [5, 5.41) is 3.59. The molecule has 1 atom stereocenters. The number of hydrogen-bond acceptors (Lipinski definition) is 2. The fourth-order valence-corrected chi connectivity index (χ4v) is 2.32. The Labute approximate surface area is 122 Å². The molecular weight excluding hydrogens is 246 g/mol. The van der Waals surface area contributed by atoms with E-state index in [0.29, 0.717) is 0 Å². The molecular formula is C18H25NO. The Kier molecular flexibility index (Phi) is 5.42. The van der Waals surface area contributed by atoms with Crippen LogP contribution in [0.15, 0.2) is 40.8 Å². The first-order valence-corrected chi connectivity index (χ1v) is 7.60. The van der Waals surface area contributed by atoms with Crippen molar-refractivity contribution in [3.63, 3.8) is 0 Å². The summed E-state index contributed by atoms with van der Waals surface area (Å²) in [6.07, 6.45) is 3.05. The lowest BCUT2D eigenvalue weighted by Gasteiger charge is -2.16. The van der Waals surface area contributed by atoms with E-state index in [1.807, 2.05) is 0 Å². The predicted octanol–water partition coefficient (Wildman–Crippen LogP) is 4.43. The van der Waals surface area contributed by atoms with Gasteiger partial charge in [0, 0.05) is 6.42 Å². The van der Waals surface area contributed by atoms with Gasteiger partial charge in [0.05, 0.1) is 6.04 Å². The Morgan fingerprint density at radius 1 is 1.05 bits per heavy atom. The molecule has 1 heterocycles. The standard InChI is InChI=1S/C18H25NO/c1-4-12-19-17(18-11-10-16(5-2)20-18)13-15-8-6-14(3)7-9-15/h6-11,17,19H,4-5,12-13H2,1-3H3. The maximum atomic E-state index is 5.93. The van der Waals surface area contributed by atoms with Crippen molar-refractivity contribution in [2.75, 3.05) is 6.54 Å². The Morgan fingerprint density at radius 2 is 1.80 bits per heavy atom. The molecule has 0 aliphatic rings. The highest BCUT2D eigenvalue weighted by atomic mass is 16.3. The van der Waals surface area contributed by atoms with Gasteiger partial charge < -0.3 is 9.73 Å². The molecule has 0 spiro atoms. The van der Waals surface area contributed by atoms with Crippen molar-refractivity contribution in [2.45, 2.75) is 46.1 Å². The zero-order valence-corrected chi connectivity index (χ0v) is 12.8. The average molecular weight is 271 g/mol. The van der Waals surface area contributed by atoms with Crippen molar-refractivity contribution >= 4 is 0 Å². The molecule has 0 radical (unpaired) electrons. The van der Waals surface area contributed by atoms with E-state index >= 15 is 0 Å². The van der Waals surface area contributed by atoms with Gasteiger partial charge in [-0.15, -0.1) is 0 Å². The number of aryl methyl sites for hydroxylation is 2. The van der Waals surface area contributed by atoms with Crippen molar-refractivity contribution in [1.82, 2.24) is 5.32 Å². The van der Waals surface area contributed by atoms with E-state index in [2.05, 4.69) is 62.5 Å².